The number of rotatable bonds is 4. The molecule has 0 N–H and O–H groups in total. The van der Waals surface area contributed by atoms with E-state index in [1.807, 2.05) is 6.07 Å². The number of carbonyl (C=O) groups excluding carboxylic acids is 1. The van der Waals surface area contributed by atoms with Gasteiger partial charge in [0.1, 0.15) is 5.82 Å². The molecule has 21 heavy (non-hydrogen) atoms. The average molecular weight is 293 g/mol. The molecule has 0 aliphatic carbocycles. The lowest BCUT2D eigenvalue weighted by Gasteiger charge is -2.20. The first-order valence-electron chi connectivity index (χ1n) is 7.73. The summed E-state index contributed by atoms with van der Waals surface area (Å²) in [5, 5.41) is 0. The van der Waals surface area contributed by atoms with Gasteiger partial charge in [-0.3, -0.25) is 4.90 Å². The largest absolute Gasteiger partial charge is 0.465 e. The van der Waals surface area contributed by atoms with E-state index in [0.717, 1.165) is 31.1 Å². The van der Waals surface area contributed by atoms with E-state index in [1.165, 1.54) is 44.9 Å². The van der Waals surface area contributed by atoms with Crippen molar-refractivity contribution in [3.8, 4) is 0 Å². The number of methoxy groups -OCH3 is 1. The standard InChI is InChI=1S/C17H24FNO2/c1-3-13-5-4-9-19(10-8-13)12-14-6-7-15(16(18)11-14)17(20)21-2/h6-7,11,13H,3-5,8-10,12H2,1-2H3. The van der Waals surface area contributed by atoms with Crippen LogP contribution in [-0.4, -0.2) is 31.1 Å². The lowest BCUT2D eigenvalue weighted by Crippen LogP contribution is -2.24. The molecule has 3 nitrogen and oxygen atoms in total. The zero-order chi connectivity index (χ0) is 15.2. The van der Waals surface area contributed by atoms with Crippen LogP contribution in [0.3, 0.4) is 0 Å². The number of hydrogen-bond donors (Lipinski definition) is 0. The van der Waals surface area contributed by atoms with Crippen molar-refractivity contribution in [1.82, 2.24) is 4.90 Å². The fraction of sp³-hybridized carbons (Fsp3) is 0.588. The van der Waals surface area contributed by atoms with Gasteiger partial charge < -0.3 is 4.74 Å². The van der Waals surface area contributed by atoms with Gasteiger partial charge in [0, 0.05) is 6.54 Å². The Morgan fingerprint density at radius 2 is 2.19 bits per heavy atom. The van der Waals surface area contributed by atoms with E-state index < -0.39 is 11.8 Å². The predicted octanol–water partition coefficient (Wildman–Crippen LogP) is 3.62. The maximum Gasteiger partial charge on any atom is 0.340 e. The molecule has 1 heterocycles. The third kappa shape index (κ3) is 4.27. The molecule has 116 valence electrons. The summed E-state index contributed by atoms with van der Waals surface area (Å²) in [6.45, 7) is 5.13. The molecule has 1 fully saturated rings. The van der Waals surface area contributed by atoms with E-state index in [4.69, 9.17) is 0 Å². The molecule has 1 saturated heterocycles. The van der Waals surface area contributed by atoms with Crippen LogP contribution in [0.4, 0.5) is 4.39 Å². The van der Waals surface area contributed by atoms with Crippen molar-refractivity contribution in [2.75, 3.05) is 20.2 Å². The van der Waals surface area contributed by atoms with Crippen LogP contribution in [-0.2, 0) is 11.3 Å². The number of benzene rings is 1. The summed E-state index contributed by atoms with van der Waals surface area (Å²) < 4.78 is 18.5. The lowest BCUT2D eigenvalue weighted by atomic mass is 9.98. The molecule has 0 radical (unpaired) electrons. The first kappa shape index (κ1) is 16.0. The number of esters is 1. The van der Waals surface area contributed by atoms with Gasteiger partial charge in [0.25, 0.3) is 0 Å². The highest BCUT2D eigenvalue weighted by Crippen LogP contribution is 2.22. The number of carbonyl (C=O) groups is 1. The number of nitrogens with zero attached hydrogens (tertiary/aromatic N) is 1. The van der Waals surface area contributed by atoms with Gasteiger partial charge in [-0.2, -0.15) is 0 Å². The summed E-state index contributed by atoms with van der Waals surface area (Å²) in [6.07, 6.45) is 4.97. The van der Waals surface area contributed by atoms with Gasteiger partial charge in [-0.05, 0) is 56.0 Å². The minimum Gasteiger partial charge on any atom is -0.465 e. The minimum absolute atomic E-state index is 0.00293. The van der Waals surface area contributed by atoms with Crippen molar-refractivity contribution in [3.05, 3.63) is 35.1 Å². The Labute approximate surface area is 126 Å². The molecule has 0 amide bonds. The van der Waals surface area contributed by atoms with E-state index in [-0.39, 0.29) is 5.56 Å². The molecule has 1 aromatic carbocycles. The Morgan fingerprint density at radius 3 is 2.86 bits per heavy atom. The molecule has 0 aromatic heterocycles. The third-order valence-electron chi connectivity index (χ3n) is 4.36. The molecular formula is C17H24FNO2. The van der Waals surface area contributed by atoms with Crippen LogP contribution in [0.1, 0.15) is 48.5 Å². The van der Waals surface area contributed by atoms with Crippen LogP contribution in [0.25, 0.3) is 0 Å². The number of halogens is 1. The lowest BCUT2D eigenvalue weighted by molar-refractivity contribution is 0.0595. The quantitative estimate of drug-likeness (QED) is 0.794. The number of hydrogen-bond acceptors (Lipinski definition) is 3. The maximum atomic E-state index is 13.9. The molecular weight excluding hydrogens is 269 g/mol. The predicted molar refractivity (Wildman–Crippen MR) is 80.6 cm³/mol. The van der Waals surface area contributed by atoms with Crippen molar-refractivity contribution in [2.45, 2.75) is 39.2 Å². The number of ether oxygens (including phenoxy) is 1. The van der Waals surface area contributed by atoms with Gasteiger partial charge in [-0.1, -0.05) is 19.4 Å². The van der Waals surface area contributed by atoms with E-state index in [2.05, 4.69) is 16.6 Å². The Bertz CT molecular complexity index is 490. The van der Waals surface area contributed by atoms with Gasteiger partial charge in [0.05, 0.1) is 12.7 Å². The van der Waals surface area contributed by atoms with Crippen molar-refractivity contribution in [1.29, 1.82) is 0 Å². The highest BCUT2D eigenvalue weighted by Gasteiger charge is 2.17. The summed E-state index contributed by atoms with van der Waals surface area (Å²) in [5.41, 5.74) is 0.915. The first-order valence-corrected chi connectivity index (χ1v) is 7.73. The number of likely N-dealkylation sites (tertiary alicyclic amines) is 1. The summed E-state index contributed by atoms with van der Waals surface area (Å²) in [6, 6.07) is 4.79. The second kappa shape index (κ2) is 7.55. The Morgan fingerprint density at radius 1 is 1.38 bits per heavy atom. The summed E-state index contributed by atoms with van der Waals surface area (Å²) >= 11 is 0. The van der Waals surface area contributed by atoms with Gasteiger partial charge in [-0.15, -0.1) is 0 Å². The average Bonchev–Trinajstić information content (AvgIpc) is 2.72. The van der Waals surface area contributed by atoms with Gasteiger partial charge >= 0.3 is 5.97 Å². The topological polar surface area (TPSA) is 29.5 Å². The van der Waals surface area contributed by atoms with E-state index >= 15 is 0 Å². The summed E-state index contributed by atoms with van der Waals surface area (Å²) in [4.78, 5) is 13.8. The molecule has 1 aliphatic heterocycles. The zero-order valence-electron chi connectivity index (χ0n) is 12.9. The molecule has 1 atom stereocenters. The van der Waals surface area contributed by atoms with E-state index in [0.29, 0.717) is 0 Å². The minimum atomic E-state index is -0.625. The van der Waals surface area contributed by atoms with E-state index in [1.54, 1.807) is 0 Å². The van der Waals surface area contributed by atoms with Crippen LogP contribution in [0.15, 0.2) is 18.2 Å². The fourth-order valence-electron chi connectivity index (χ4n) is 2.98. The van der Waals surface area contributed by atoms with Gasteiger partial charge in [0.15, 0.2) is 0 Å². The molecule has 2 rings (SSSR count). The van der Waals surface area contributed by atoms with Crippen LogP contribution < -0.4 is 0 Å². The van der Waals surface area contributed by atoms with Crippen molar-refractivity contribution >= 4 is 5.97 Å². The Balaban J connectivity index is 2.00. The van der Waals surface area contributed by atoms with Gasteiger partial charge in [-0.25, -0.2) is 9.18 Å². The monoisotopic (exact) mass is 293 g/mol. The summed E-state index contributed by atoms with van der Waals surface area (Å²) in [7, 11) is 1.26. The first-order chi connectivity index (χ1) is 10.1. The second-order valence-corrected chi connectivity index (χ2v) is 5.79. The molecule has 0 bridgehead atoms. The zero-order valence-corrected chi connectivity index (χ0v) is 12.9. The third-order valence-corrected chi connectivity index (χ3v) is 4.36. The van der Waals surface area contributed by atoms with Crippen LogP contribution >= 0.6 is 0 Å². The van der Waals surface area contributed by atoms with E-state index in [9.17, 15) is 9.18 Å². The van der Waals surface area contributed by atoms with Crippen LogP contribution in [0.5, 0.6) is 0 Å². The maximum absolute atomic E-state index is 13.9. The SMILES string of the molecule is CCC1CCCN(Cc2ccc(C(=O)OC)c(F)c2)CC1. The summed E-state index contributed by atoms with van der Waals surface area (Å²) in [5.74, 6) is -0.298. The molecule has 1 aromatic rings. The fourth-order valence-corrected chi connectivity index (χ4v) is 2.98. The smallest absolute Gasteiger partial charge is 0.340 e. The van der Waals surface area contributed by atoms with Crippen LogP contribution in [0, 0.1) is 11.7 Å². The molecule has 0 saturated carbocycles. The van der Waals surface area contributed by atoms with Crippen LogP contribution in [0.2, 0.25) is 0 Å². The highest BCUT2D eigenvalue weighted by molar-refractivity contribution is 5.89. The van der Waals surface area contributed by atoms with Crippen molar-refractivity contribution in [3.63, 3.8) is 0 Å². The molecule has 0 spiro atoms. The molecule has 4 heteroatoms. The normalized spacial score (nSPS) is 20.0. The van der Waals surface area contributed by atoms with Crippen molar-refractivity contribution in [2.24, 2.45) is 5.92 Å². The highest BCUT2D eigenvalue weighted by atomic mass is 19.1. The Hall–Kier alpha value is -1.42. The molecule has 1 aliphatic rings. The van der Waals surface area contributed by atoms with Crippen molar-refractivity contribution < 1.29 is 13.9 Å². The molecule has 1 unspecified atom stereocenters. The Kier molecular flexibility index (Phi) is 5.74. The van der Waals surface area contributed by atoms with Gasteiger partial charge in [0.2, 0.25) is 0 Å². The second-order valence-electron chi connectivity index (χ2n) is 5.79.